The number of aromatic hydroxyl groups is 1. The van der Waals surface area contributed by atoms with Gasteiger partial charge >= 0.3 is 0 Å². The number of nitrogens with zero attached hydrogens (tertiary/aromatic N) is 3. The van der Waals surface area contributed by atoms with Gasteiger partial charge < -0.3 is 20.6 Å². The monoisotopic (exact) mass is 659 g/mol. The van der Waals surface area contributed by atoms with Crippen LogP contribution in [-0.2, 0) is 27.9 Å². The Balaban J connectivity index is 1.29. The first-order valence-corrected chi connectivity index (χ1v) is 16.8. The summed E-state index contributed by atoms with van der Waals surface area (Å²) < 4.78 is 1.67. The van der Waals surface area contributed by atoms with Crippen molar-refractivity contribution >= 4 is 23.4 Å². The third kappa shape index (κ3) is 9.38. The lowest BCUT2D eigenvalue weighted by Crippen LogP contribution is -2.57. The fraction of sp³-hybridized carbons (Fsp3) is 0.350. The average Bonchev–Trinajstić information content (AvgIpc) is 3.44. The first kappa shape index (κ1) is 35.0. The molecule has 254 valence electrons. The van der Waals surface area contributed by atoms with Gasteiger partial charge in [0.1, 0.15) is 23.5 Å². The van der Waals surface area contributed by atoms with Crippen molar-refractivity contribution in [1.82, 2.24) is 20.0 Å². The molecular weight excluding hydrogens is 614 g/mol. The Morgan fingerprint density at radius 1 is 1.00 bits per heavy atom. The summed E-state index contributed by atoms with van der Waals surface area (Å²) in [5.74, 6) is 5.79. The van der Waals surface area contributed by atoms with Crippen molar-refractivity contribution in [2.75, 3.05) is 11.9 Å². The molecule has 1 aliphatic rings. The van der Waals surface area contributed by atoms with Crippen LogP contribution in [0.5, 0.6) is 5.75 Å². The van der Waals surface area contributed by atoms with E-state index in [1.165, 1.54) is 0 Å². The topological polar surface area (TPSA) is 117 Å². The highest BCUT2D eigenvalue weighted by atomic mass is 16.3. The number of amides is 3. The molecule has 0 saturated carbocycles. The van der Waals surface area contributed by atoms with Crippen LogP contribution < -0.4 is 10.6 Å². The Kier molecular flexibility index (Phi) is 10.9. The second-order valence-corrected chi connectivity index (χ2v) is 14.0. The smallest absolute Gasteiger partial charge is 0.247 e. The summed E-state index contributed by atoms with van der Waals surface area (Å²) in [4.78, 5) is 42.3. The number of hydrogen-bond acceptors (Lipinski definition) is 5. The lowest BCUT2D eigenvalue weighted by molar-refractivity contribution is -0.143. The van der Waals surface area contributed by atoms with Crippen molar-refractivity contribution < 1.29 is 19.5 Å². The van der Waals surface area contributed by atoms with E-state index in [-0.39, 0.29) is 35.3 Å². The SMILES string of the molecule is Cc1ccc(O)c(-c2nn(C)cc2C#Cc2ccc(NC(=O)C3CCCCN3C(=O)C(Cc3ccccc3)NC(=O)CC(C)(C)C)cc2)c1. The van der Waals surface area contributed by atoms with E-state index in [2.05, 4.69) is 27.6 Å². The molecule has 3 N–H and O–H groups in total. The number of aromatic nitrogens is 2. The van der Waals surface area contributed by atoms with Gasteiger partial charge in [0.05, 0.1) is 5.56 Å². The molecule has 0 spiro atoms. The van der Waals surface area contributed by atoms with E-state index >= 15 is 0 Å². The van der Waals surface area contributed by atoms with Gasteiger partial charge in [-0.25, -0.2) is 0 Å². The van der Waals surface area contributed by atoms with Crippen LogP contribution in [0.2, 0.25) is 0 Å². The summed E-state index contributed by atoms with van der Waals surface area (Å²) in [6.45, 7) is 8.36. The first-order chi connectivity index (χ1) is 23.4. The first-order valence-electron chi connectivity index (χ1n) is 16.8. The summed E-state index contributed by atoms with van der Waals surface area (Å²) in [5.41, 5.74) is 4.96. The van der Waals surface area contributed by atoms with Crippen LogP contribution in [0.1, 0.15) is 68.7 Å². The molecule has 2 unspecified atom stereocenters. The molecule has 0 bridgehead atoms. The predicted molar refractivity (Wildman–Crippen MR) is 192 cm³/mol. The number of likely N-dealkylation sites (tertiary alicyclic amines) is 1. The van der Waals surface area contributed by atoms with Crippen LogP contribution in [-0.4, -0.2) is 56.1 Å². The molecule has 9 nitrogen and oxygen atoms in total. The molecule has 3 aromatic carbocycles. The van der Waals surface area contributed by atoms with E-state index in [1.54, 1.807) is 27.8 Å². The van der Waals surface area contributed by atoms with Crippen molar-refractivity contribution in [3.63, 3.8) is 0 Å². The molecule has 1 aliphatic heterocycles. The summed E-state index contributed by atoms with van der Waals surface area (Å²) in [6, 6.07) is 20.8. The zero-order valence-corrected chi connectivity index (χ0v) is 28.9. The van der Waals surface area contributed by atoms with E-state index in [9.17, 15) is 19.5 Å². The molecule has 1 saturated heterocycles. The molecule has 0 aliphatic carbocycles. The highest BCUT2D eigenvalue weighted by molar-refractivity contribution is 5.98. The van der Waals surface area contributed by atoms with Gasteiger partial charge in [0.2, 0.25) is 17.7 Å². The molecule has 2 atom stereocenters. The lowest BCUT2D eigenvalue weighted by atomic mass is 9.91. The number of hydrogen-bond donors (Lipinski definition) is 3. The number of phenolic OH excluding ortho intramolecular Hbond substituents is 1. The van der Waals surface area contributed by atoms with Gasteiger partial charge in [-0.15, -0.1) is 0 Å². The zero-order valence-electron chi connectivity index (χ0n) is 28.9. The Bertz CT molecular complexity index is 1860. The maximum Gasteiger partial charge on any atom is 0.247 e. The van der Waals surface area contributed by atoms with E-state index in [0.29, 0.717) is 41.9 Å². The zero-order chi connectivity index (χ0) is 35.1. The number of rotatable bonds is 8. The average molecular weight is 660 g/mol. The highest BCUT2D eigenvalue weighted by Crippen LogP contribution is 2.31. The molecule has 3 amide bonds. The maximum atomic E-state index is 14.1. The van der Waals surface area contributed by atoms with Gasteiger partial charge in [-0.3, -0.25) is 19.1 Å². The Morgan fingerprint density at radius 2 is 1.73 bits per heavy atom. The summed E-state index contributed by atoms with van der Waals surface area (Å²) in [5, 5.41) is 20.9. The van der Waals surface area contributed by atoms with E-state index in [4.69, 9.17) is 0 Å². The number of carbonyl (C=O) groups excluding carboxylic acids is 3. The largest absolute Gasteiger partial charge is 0.507 e. The minimum atomic E-state index is -0.779. The molecule has 1 fully saturated rings. The Hall–Kier alpha value is -5.36. The van der Waals surface area contributed by atoms with Crippen LogP contribution in [0, 0.1) is 24.2 Å². The quantitative estimate of drug-likeness (QED) is 0.201. The van der Waals surface area contributed by atoms with E-state index < -0.39 is 12.1 Å². The van der Waals surface area contributed by atoms with Crippen LogP contribution in [0.15, 0.2) is 79.0 Å². The molecule has 9 heteroatoms. The molecule has 4 aromatic rings. The van der Waals surface area contributed by atoms with Crippen LogP contribution in [0.4, 0.5) is 5.69 Å². The fourth-order valence-corrected chi connectivity index (χ4v) is 6.07. The number of aryl methyl sites for hydroxylation is 2. The van der Waals surface area contributed by atoms with Gasteiger partial charge in [-0.05, 0) is 73.6 Å². The van der Waals surface area contributed by atoms with Gasteiger partial charge in [-0.2, -0.15) is 5.10 Å². The van der Waals surface area contributed by atoms with Crippen LogP contribution >= 0.6 is 0 Å². The van der Waals surface area contributed by atoms with Crippen molar-refractivity contribution in [3.05, 3.63) is 101 Å². The van der Waals surface area contributed by atoms with Crippen molar-refractivity contribution in [1.29, 1.82) is 0 Å². The van der Waals surface area contributed by atoms with Gasteiger partial charge in [0.15, 0.2) is 0 Å². The number of carbonyl (C=O) groups is 3. The third-order valence-electron chi connectivity index (χ3n) is 8.43. The second kappa shape index (κ2) is 15.2. The van der Waals surface area contributed by atoms with Crippen LogP contribution in [0.25, 0.3) is 11.3 Å². The standard InChI is InChI=1S/C40H45N5O4/c1-27-14-21-35(46)32(23-27)37-30(26-44(5)43-37)18-15-28-16-19-31(20-17-28)41-38(48)34-13-9-10-22-45(34)39(49)33(24-29-11-7-6-8-12-29)42-36(47)25-40(2,3)4/h6-8,11-12,14,16-17,19-21,23,26,33-34,46H,9-10,13,22,24-25H2,1-5H3,(H,41,48)(H,42,47). The molecule has 49 heavy (non-hydrogen) atoms. The normalized spacial score (nSPS) is 15.1. The minimum Gasteiger partial charge on any atom is -0.507 e. The second-order valence-electron chi connectivity index (χ2n) is 14.0. The fourth-order valence-electron chi connectivity index (χ4n) is 6.07. The van der Waals surface area contributed by atoms with Gasteiger partial charge in [-0.1, -0.05) is 74.6 Å². The summed E-state index contributed by atoms with van der Waals surface area (Å²) in [7, 11) is 1.81. The number of nitrogens with one attached hydrogen (secondary N) is 2. The molecule has 1 aromatic heterocycles. The van der Waals surface area contributed by atoms with E-state index in [1.807, 2.05) is 95.5 Å². The van der Waals surface area contributed by atoms with Crippen LogP contribution in [0.3, 0.4) is 0 Å². The number of benzene rings is 3. The van der Waals surface area contributed by atoms with Gasteiger partial charge in [0, 0.05) is 49.4 Å². The minimum absolute atomic E-state index is 0.141. The highest BCUT2D eigenvalue weighted by Gasteiger charge is 2.36. The van der Waals surface area contributed by atoms with E-state index in [0.717, 1.165) is 29.5 Å². The Labute approximate surface area is 288 Å². The molecule has 5 rings (SSSR count). The number of piperidine rings is 1. The van der Waals surface area contributed by atoms with Crippen molar-refractivity contribution in [2.45, 2.75) is 71.9 Å². The summed E-state index contributed by atoms with van der Waals surface area (Å²) >= 11 is 0. The number of anilines is 1. The van der Waals surface area contributed by atoms with Crippen molar-refractivity contribution in [3.8, 4) is 28.8 Å². The number of phenols is 1. The molecular formula is C40H45N5O4. The third-order valence-corrected chi connectivity index (χ3v) is 8.43. The molecule has 0 radical (unpaired) electrons. The maximum absolute atomic E-state index is 14.1. The Morgan fingerprint density at radius 3 is 2.45 bits per heavy atom. The lowest BCUT2D eigenvalue weighted by Gasteiger charge is -2.37. The van der Waals surface area contributed by atoms with Gasteiger partial charge in [0.25, 0.3) is 0 Å². The van der Waals surface area contributed by atoms with Crippen molar-refractivity contribution in [2.24, 2.45) is 12.5 Å². The summed E-state index contributed by atoms with van der Waals surface area (Å²) in [6.07, 6.45) is 4.60. The molecule has 2 heterocycles. The predicted octanol–water partition coefficient (Wildman–Crippen LogP) is 5.98.